The number of hydrogen-bond acceptors (Lipinski definition) is 4. The highest BCUT2D eigenvalue weighted by atomic mass is 79.9. The second-order valence-corrected chi connectivity index (χ2v) is 5.37. The van der Waals surface area contributed by atoms with Gasteiger partial charge in [-0.15, -0.1) is 0 Å². The van der Waals surface area contributed by atoms with Gasteiger partial charge in [0, 0.05) is 13.2 Å². The Morgan fingerprint density at radius 1 is 1.58 bits per heavy atom. The van der Waals surface area contributed by atoms with E-state index in [-0.39, 0.29) is 5.56 Å². The molecule has 0 aliphatic carbocycles. The number of rotatable bonds is 8. The van der Waals surface area contributed by atoms with Crippen LogP contribution in [-0.2, 0) is 11.3 Å². The standard InChI is InChI=1S/C13H22BrN3O2/c1-4-5-6-10(2)16-11-9-15-17(7-8-19-3)13(18)12(11)14/h9-10,16H,4-8H2,1-3H3. The highest BCUT2D eigenvalue weighted by Crippen LogP contribution is 2.18. The minimum absolute atomic E-state index is 0.134. The van der Waals surface area contributed by atoms with Crippen LogP contribution in [0.4, 0.5) is 5.69 Å². The number of nitrogens with zero attached hydrogens (tertiary/aromatic N) is 2. The molecule has 0 saturated heterocycles. The van der Waals surface area contributed by atoms with Gasteiger partial charge in [-0.2, -0.15) is 5.10 Å². The van der Waals surface area contributed by atoms with Gasteiger partial charge in [-0.05, 0) is 29.3 Å². The molecule has 1 atom stereocenters. The highest BCUT2D eigenvalue weighted by Gasteiger charge is 2.10. The zero-order chi connectivity index (χ0) is 14.3. The lowest BCUT2D eigenvalue weighted by Crippen LogP contribution is -2.27. The monoisotopic (exact) mass is 331 g/mol. The molecule has 1 N–H and O–H groups in total. The van der Waals surface area contributed by atoms with E-state index in [9.17, 15) is 4.79 Å². The number of halogens is 1. The molecule has 1 aromatic rings. The third-order valence-corrected chi connectivity index (χ3v) is 3.65. The van der Waals surface area contributed by atoms with Crippen LogP contribution in [0.25, 0.3) is 0 Å². The van der Waals surface area contributed by atoms with Crippen molar-refractivity contribution in [2.24, 2.45) is 0 Å². The van der Waals surface area contributed by atoms with Gasteiger partial charge in [-0.1, -0.05) is 19.8 Å². The van der Waals surface area contributed by atoms with Crippen LogP contribution in [0.3, 0.4) is 0 Å². The summed E-state index contributed by atoms with van der Waals surface area (Å²) in [5.41, 5.74) is 0.618. The van der Waals surface area contributed by atoms with Crippen LogP contribution < -0.4 is 10.9 Å². The Bertz CT molecular complexity index is 448. The Kier molecular flexibility index (Phi) is 7.09. The smallest absolute Gasteiger partial charge is 0.283 e. The van der Waals surface area contributed by atoms with Crippen LogP contribution in [0.15, 0.2) is 15.5 Å². The van der Waals surface area contributed by atoms with E-state index in [1.165, 1.54) is 17.5 Å². The average molecular weight is 332 g/mol. The van der Waals surface area contributed by atoms with E-state index >= 15 is 0 Å². The average Bonchev–Trinajstić information content (AvgIpc) is 2.41. The molecule has 0 amide bonds. The topological polar surface area (TPSA) is 56.1 Å². The first-order valence-electron chi connectivity index (χ1n) is 6.61. The molecular formula is C13H22BrN3O2. The molecule has 0 spiro atoms. The molecule has 0 bridgehead atoms. The molecule has 1 rings (SSSR count). The minimum Gasteiger partial charge on any atom is -0.383 e. The van der Waals surface area contributed by atoms with Crippen molar-refractivity contribution in [2.45, 2.75) is 45.7 Å². The van der Waals surface area contributed by atoms with Gasteiger partial charge < -0.3 is 10.1 Å². The Hall–Kier alpha value is -0.880. The van der Waals surface area contributed by atoms with E-state index in [1.807, 2.05) is 0 Å². The van der Waals surface area contributed by atoms with E-state index in [0.717, 1.165) is 12.1 Å². The summed E-state index contributed by atoms with van der Waals surface area (Å²) in [7, 11) is 1.60. The molecule has 0 fully saturated rings. The van der Waals surface area contributed by atoms with Crippen LogP contribution in [0.5, 0.6) is 0 Å². The molecule has 5 nitrogen and oxygen atoms in total. The fraction of sp³-hybridized carbons (Fsp3) is 0.692. The minimum atomic E-state index is -0.134. The summed E-state index contributed by atoms with van der Waals surface area (Å²) in [4.78, 5) is 12.0. The molecule has 0 radical (unpaired) electrons. The summed E-state index contributed by atoms with van der Waals surface area (Å²) in [5.74, 6) is 0. The maximum Gasteiger partial charge on any atom is 0.283 e. The normalized spacial score (nSPS) is 12.4. The van der Waals surface area contributed by atoms with Crippen molar-refractivity contribution in [3.8, 4) is 0 Å². The van der Waals surface area contributed by atoms with Crippen molar-refractivity contribution in [1.82, 2.24) is 9.78 Å². The summed E-state index contributed by atoms with van der Waals surface area (Å²) < 4.78 is 6.88. The quantitative estimate of drug-likeness (QED) is 0.795. The zero-order valence-electron chi connectivity index (χ0n) is 11.8. The Labute approximate surface area is 122 Å². The predicted molar refractivity (Wildman–Crippen MR) is 80.7 cm³/mol. The van der Waals surface area contributed by atoms with Crippen LogP contribution >= 0.6 is 15.9 Å². The van der Waals surface area contributed by atoms with Crippen molar-refractivity contribution < 1.29 is 4.74 Å². The van der Waals surface area contributed by atoms with Gasteiger partial charge in [-0.25, -0.2) is 4.68 Å². The third kappa shape index (κ3) is 4.95. The lowest BCUT2D eigenvalue weighted by atomic mass is 10.1. The van der Waals surface area contributed by atoms with Crippen molar-refractivity contribution in [1.29, 1.82) is 0 Å². The Balaban J connectivity index is 2.75. The first kappa shape index (κ1) is 16.2. The lowest BCUT2D eigenvalue weighted by Gasteiger charge is -2.16. The molecule has 108 valence electrons. The van der Waals surface area contributed by atoms with E-state index < -0.39 is 0 Å². The maximum atomic E-state index is 12.0. The predicted octanol–water partition coefficient (Wildman–Crippen LogP) is 2.64. The molecule has 19 heavy (non-hydrogen) atoms. The van der Waals surface area contributed by atoms with Crippen LogP contribution in [0.1, 0.15) is 33.1 Å². The molecule has 0 aliphatic rings. The molecule has 1 aromatic heterocycles. The van der Waals surface area contributed by atoms with Gasteiger partial charge >= 0.3 is 0 Å². The second-order valence-electron chi connectivity index (χ2n) is 4.58. The van der Waals surface area contributed by atoms with Crippen molar-refractivity contribution in [3.05, 3.63) is 21.0 Å². The second kappa shape index (κ2) is 8.32. The first-order valence-corrected chi connectivity index (χ1v) is 7.40. The fourth-order valence-electron chi connectivity index (χ4n) is 1.75. The fourth-order valence-corrected chi connectivity index (χ4v) is 2.17. The lowest BCUT2D eigenvalue weighted by molar-refractivity contribution is 0.181. The molecular weight excluding hydrogens is 310 g/mol. The van der Waals surface area contributed by atoms with Gasteiger partial charge in [0.05, 0.1) is 25.0 Å². The molecule has 0 saturated carbocycles. The van der Waals surface area contributed by atoms with Gasteiger partial charge in [0.15, 0.2) is 0 Å². The summed E-state index contributed by atoms with van der Waals surface area (Å²) in [6, 6.07) is 0.326. The van der Waals surface area contributed by atoms with Crippen LogP contribution in [-0.4, -0.2) is 29.5 Å². The number of anilines is 1. The van der Waals surface area contributed by atoms with Gasteiger partial charge in [-0.3, -0.25) is 4.79 Å². The number of methoxy groups -OCH3 is 1. The Morgan fingerprint density at radius 3 is 2.95 bits per heavy atom. The summed E-state index contributed by atoms with van der Waals surface area (Å²) in [6.07, 6.45) is 5.10. The number of aromatic nitrogens is 2. The molecule has 0 aliphatic heterocycles. The number of hydrogen-bond donors (Lipinski definition) is 1. The summed E-state index contributed by atoms with van der Waals surface area (Å²) in [5, 5.41) is 7.46. The van der Waals surface area contributed by atoms with E-state index in [0.29, 0.717) is 23.7 Å². The number of nitrogens with one attached hydrogen (secondary N) is 1. The summed E-state index contributed by atoms with van der Waals surface area (Å²) in [6.45, 7) is 5.21. The SMILES string of the molecule is CCCCC(C)Nc1cnn(CCOC)c(=O)c1Br. The van der Waals surface area contributed by atoms with E-state index in [2.05, 4.69) is 40.2 Å². The molecule has 6 heteroatoms. The van der Waals surface area contributed by atoms with Crippen molar-refractivity contribution in [2.75, 3.05) is 19.0 Å². The Morgan fingerprint density at radius 2 is 2.32 bits per heavy atom. The maximum absolute atomic E-state index is 12.0. The molecule has 0 aromatic carbocycles. The van der Waals surface area contributed by atoms with Crippen molar-refractivity contribution >= 4 is 21.6 Å². The third-order valence-electron chi connectivity index (χ3n) is 2.88. The van der Waals surface area contributed by atoms with Crippen LogP contribution in [0, 0.1) is 0 Å². The zero-order valence-corrected chi connectivity index (χ0v) is 13.4. The van der Waals surface area contributed by atoms with Gasteiger partial charge in [0.1, 0.15) is 4.47 Å². The largest absolute Gasteiger partial charge is 0.383 e. The summed E-state index contributed by atoms with van der Waals surface area (Å²) >= 11 is 3.34. The molecule has 1 heterocycles. The molecule has 1 unspecified atom stereocenters. The highest BCUT2D eigenvalue weighted by molar-refractivity contribution is 9.10. The van der Waals surface area contributed by atoms with Crippen LogP contribution in [0.2, 0.25) is 0 Å². The number of ether oxygens (including phenoxy) is 1. The van der Waals surface area contributed by atoms with E-state index in [4.69, 9.17) is 4.74 Å². The van der Waals surface area contributed by atoms with E-state index in [1.54, 1.807) is 13.3 Å². The van der Waals surface area contributed by atoms with Gasteiger partial charge in [0.25, 0.3) is 5.56 Å². The van der Waals surface area contributed by atoms with Crippen molar-refractivity contribution in [3.63, 3.8) is 0 Å². The van der Waals surface area contributed by atoms with Gasteiger partial charge in [0.2, 0.25) is 0 Å². The first-order chi connectivity index (χ1) is 9.10. The number of unbranched alkanes of at least 4 members (excludes halogenated alkanes) is 1.